The molecule has 0 fully saturated rings. The molecular formula is C14H21NO4S. The lowest BCUT2D eigenvalue weighted by molar-refractivity contribution is -0.128. The molecule has 0 spiro atoms. The van der Waals surface area contributed by atoms with Gasteiger partial charge in [0.25, 0.3) is 10.0 Å². The van der Waals surface area contributed by atoms with E-state index in [-0.39, 0.29) is 6.54 Å². The Morgan fingerprint density at radius 1 is 1.20 bits per heavy atom. The topological polar surface area (TPSA) is 55.8 Å². The van der Waals surface area contributed by atoms with Crippen molar-refractivity contribution in [2.24, 2.45) is 0 Å². The zero-order chi connectivity index (χ0) is 15.0. The maximum Gasteiger partial charge on any atom is 0.257 e. The van der Waals surface area contributed by atoms with Crippen LogP contribution in [0.5, 0.6) is 0 Å². The van der Waals surface area contributed by atoms with E-state index in [1.165, 1.54) is 4.31 Å². The molecule has 20 heavy (non-hydrogen) atoms. The van der Waals surface area contributed by atoms with Crippen molar-refractivity contribution in [3.63, 3.8) is 0 Å². The average Bonchev–Trinajstić information content (AvgIpc) is 2.46. The minimum absolute atomic E-state index is 0.0834. The molecule has 5 nitrogen and oxygen atoms in total. The first-order valence-electron chi connectivity index (χ1n) is 6.48. The van der Waals surface area contributed by atoms with Gasteiger partial charge in [-0.2, -0.15) is 0 Å². The van der Waals surface area contributed by atoms with E-state index in [0.717, 1.165) is 5.41 Å². The average molecular weight is 299 g/mol. The zero-order valence-electron chi connectivity index (χ0n) is 11.9. The molecule has 1 aromatic rings. The summed E-state index contributed by atoms with van der Waals surface area (Å²) in [5.41, 5.74) is 0.553. The molecule has 0 saturated heterocycles. The third-order valence-corrected chi connectivity index (χ3v) is 3.98. The van der Waals surface area contributed by atoms with Gasteiger partial charge in [-0.3, -0.25) is 4.31 Å². The number of rotatable bonds is 9. The van der Waals surface area contributed by atoms with Crippen LogP contribution in [0.25, 0.3) is 0 Å². The molecule has 0 saturated carbocycles. The molecule has 1 rings (SSSR count). The summed E-state index contributed by atoms with van der Waals surface area (Å²) in [5, 5.41) is 0.926. The van der Waals surface area contributed by atoms with Crippen molar-refractivity contribution in [3.05, 3.63) is 42.3 Å². The number of hydrogen-bond acceptors (Lipinski definition) is 4. The normalized spacial score (nSPS) is 11.6. The Balaban J connectivity index is 3.03. The summed E-state index contributed by atoms with van der Waals surface area (Å²) in [4.78, 5) is 0. The molecule has 112 valence electrons. The van der Waals surface area contributed by atoms with Gasteiger partial charge >= 0.3 is 0 Å². The molecule has 0 radical (unpaired) electrons. The van der Waals surface area contributed by atoms with Crippen LogP contribution < -0.4 is 4.31 Å². The monoisotopic (exact) mass is 299 g/mol. The van der Waals surface area contributed by atoms with E-state index in [2.05, 4.69) is 6.58 Å². The second-order valence-corrected chi connectivity index (χ2v) is 5.72. The number of benzene rings is 1. The lowest BCUT2D eigenvalue weighted by Crippen LogP contribution is -2.39. The van der Waals surface area contributed by atoms with E-state index in [9.17, 15) is 8.42 Å². The fraction of sp³-hybridized carbons (Fsp3) is 0.429. The molecule has 0 unspecified atom stereocenters. The third-order valence-electron chi connectivity index (χ3n) is 2.58. The van der Waals surface area contributed by atoms with Crippen LogP contribution in [0.15, 0.2) is 42.3 Å². The molecule has 1 aromatic carbocycles. The predicted molar refractivity (Wildman–Crippen MR) is 79.9 cm³/mol. The van der Waals surface area contributed by atoms with Crippen LogP contribution in [-0.4, -0.2) is 34.5 Å². The molecule has 0 bridgehead atoms. The second-order valence-electron chi connectivity index (χ2n) is 3.92. The van der Waals surface area contributed by atoms with Gasteiger partial charge in [0.1, 0.15) is 0 Å². The number of sulfonamides is 1. The van der Waals surface area contributed by atoms with Crippen molar-refractivity contribution in [1.82, 2.24) is 0 Å². The second kappa shape index (κ2) is 8.04. The minimum Gasteiger partial charge on any atom is -0.351 e. The summed E-state index contributed by atoms with van der Waals surface area (Å²) in [5.74, 6) is 0. The standard InChI is InChI=1S/C14H21NO4S/c1-4-18-14(19-5-2)12-15(20(16,17)6-3)13-10-8-7-9-11-13/h6-11,14H,3-5,12H2,1-2H3. The highest BCUT2D eigenvalue weighted by Crippen LogP contribution is 2.19. The van der Waals surface area contributed by atoms with E-state index >= 15 is 0 Å². The van der Waals surface area contributed by atoms with Crippen molar-refractivity contribution >= 4 is 15.7 Å². The number of para-hydroxylation sites is 1. The summed E-state index contributed by atoms with van der Waals surface area (Å²) in [6.45, 7) is 8.01. The Hall–Kier alpha value is -1.37. The highest BCUT2D eigenvalue weighted by atomic mass is 32.2. The summed E-state index contributed by atoms with van der Waals surface area (Å²) >= 11 is 0. The molecule has 0 aliphatic carbocycles. The zero-order valence-corrected chi connectivity index (χ0v) is 12.7. The fourth-order valence-electron chi connectivity index (χ4n) is 1.70. The largest absolute Gasteiger partial charge is 0.351 e. The van der Waals surface area contributed by atoms with Gasteiger partial charge in [-0.25, -0.2) is 8.42 Å². The van der Waals surface area contributed by atoms with Gasteiger partial charge in [-0.1, -0.05) is 24.8 Å². The Bertz CT molecular complexity index is 495. The first-order valence-corrected chi connectivity index (χ1v) is 7.98. The number of ether oxygens (including phenoxy) is 2. The smallest absolute Gasteiger partial charge is 0.257 e. The van der Waals surface area contributed by atoms with Crippen molar-refractivity contribution in [1.29, 1.82) is 0 Å². The van der Waals surface area contributed by atoms with Gasteiger partial charge < -0.3 is 9.47 Å². The molecule has 0 aliphatic heterocycles. The van der Waals surface area contributed by atoms with Crippen molar-refractivity contribution < 1.29 is 17.9 Å². The summed E-state index contributed by atoms with van der Waals surface area (Å²) in [6.07, 6.45) is -0.611. The Labute approximate surface area is 120 Å². The molecule has 0 N–H and O–H groups in total. The Kier molecular flexibility index (Phi) is 6.70. The number of nitrogens with zero attached hydrogens (tertiary/aromatic N) is 1. The van der Waals surface area contributed by atoms with E-state index in [1.54, 1.807) is 24.3 Å². The molecular weight excluding hydrogens is 278 g/mol. The lowest BCUT2D eigenvalue weighted by Gasteiger charge is -2.27. The predicted octanol–water partition coefficient (Wildman–Crippen LogP) is 2.37. The number of anilines is 1. The van der Waals surface area contributed by atoms with Gasteiger partial charge in [-0.05, 0) is 26.0 Å². The quantitative estimate of drug-likeness (QED) is 0.657. The third kappa shape index (κ3) is 4.63. The van der Waals surface area contributed by atoms with Crippen LogP contribution >= 0.6 is 0 Å². The van der Waals surface area contributed by atoms with Crippen molar-refractivity contribution in [3.8, 4) is 0 Å². The SMILES string of the molecule is C=CS(=O)(=O)N(CC(OCC)OCC)c1ccccc1. The van der Waals surface area contributed by atoms with E-state index in [0.29, 0.717) is 18.9 Å². The van der Waals surface area contributed by atoms with Crippen molar-refractivity contribution in [2.45, 2.75) is 20.1 Å². The minimum atomic E-state index is -3.61. The number of hydrogen-bond donors (Lipinski definition) is 0. The van der Waals surface area contributed by atoms with Crippen LogP contribution in [0.1, 0.15) is 13.8 Å². The van der Waals surface area contributed by atoms with Crippen LogP contribution in [0, 0.1) is 0 Å². The Morgan fingerprint density at radius 3 is 2.20 bits per heavy atom. The van der Waals surface area contributed by atoms with Gasteiger partial charge in [0, 0.05) is 18.6 Å². The van der Waals surface area contributed by atoms with E-state index < -0.39 is 16.3 Å². The first kappa shape index (κ1) is 16.7. The summed E-state index contributed by atoms with van der Waals surface area (Å²) in [7, 11) is -3.61. The first-order chi connectivity index (χ1) is 9.55. The molecule has 0 amide bonds. The summed E-state index contributed by atoms with van der Waals surface area (Å²) < 4.78 is 36.3. The molecule has 0 heterocycles. The van der Waals surface area contributed by atoms with Gasteiger partial charge in [0.2, 0.25) is 0 Å². The van der Waals surface area contributed by atoms with Crippen LogP contribution in [-0.2, 0) is 19.5 Å². The van der Waals surface area contributed by atoms with Crippen LogP contribution in [0.3, 0.4) is 0 Å². The highest BCUT2D eigenvalue weighted by molar-refractivity contribution is 7.95. The molecule has 0 atom stereocenters. The summed E-state index contributed by atoms with van der Waals surface area (Å²) in [6, 6.07) is 8.81. The van der Waals surface area contributed by atoms with E-state index in [4.69, 9.17) is 9.47 Å². The maximum atomic E-state index is 12.1. The lowest BCUT2D eigenvalue weighted by atomic mass is 10.3. The van der Waals surface area contributed by atoms with Gasteiger partial charge in [0.05, 0.1) is 12.2 Å². The van der Waals surface area contributed by atoms with Crippen molar-refractivity contribution in [2.75, 3.05) is 24.1 Å². The Morgan fingerprint density at radius 2 is 1.75 bits per heavy atom. The van der Waals surface area contributed by atoms with Crippen LogP contribution in [0.4, 0.5) is 5.69 Å². The van der Waals surface area contributed by atoms with Crippen LogP contribution in [0.2, 0.25) is 0 Å². The maximum absolute atomic E-state index is 12.1. The van der Waals surface area contributed by atoms with Gasteiger partial charge in [-0.15, -0.1) is 0 Å². The van der Waals surface area contributed by atoms with Gasteiger partial charge in [0.15, 0.2) is 6.29 Å². The molecule has 6 heteroatoms. The molecule has 0 aliphatic rings. The van der Waals surface area contributed by atoms with E-state index in [1.807, 2.05) is 19.9 Å². The highest BCUT2D eigenvalue weighted by Gasteiger charge is 2.23. The fourth-order valence-corrected chi connectivity index (χ4v) is 2.63. The molecule has 0 aromatic heterocycles.